The highest BCUT2D eigenvalue weighted by Crippen LogP contribution is 2.34. The lowest BCUT2D eigenvalue weighted by molar-refractivity contribution is 0.102. The molecular formula is C26H19N3O2S2. The molecule has 0 atom stereocenters. The fraction of sp³-hybridized carbons (Fsp3) is 0.0769. The number of thiophene rings is 1. The summed E-state index contributed by atoms with van der Waals surface area (Å²) in [5.74, 6) is 0.770. The zero-order valence-corrected chi connectivity index (χ0v) is 19.2. The smallest absolute Gasteiger partial charge is 0.257 e. The highest BCUT2D eigenvalue weighted by atomic mass is 32.1. The van der Waals surface area contributed by atoms with Gasteiger partial charge in [-0.15, -0.1) is 22.7 Å². The van der Waals surface area contributed by atoms with Gasteiger partial charge in [-0.05, 0) is 52.6 Å². The number of ether oxygens (including phenoxy) is 1. The van der Waals surface area contributed by atoms with Crippen molar-refractivity contribution >= 4 is 50.2 Å². The van der Waals surface area contributed by atoms with Crippen LogP contribution in [0.25, 0.3) is 21.3 Å². The first-order valence-corrected chi connectivity index (χ1v) is 12.3. The van der Waals surface area contributed by atoms with Gasteiger partial charge < -0.3 is 9.64 Å². The van der Waals surface area contributed by atoms with Crippen LogP contribution in [-0.2, 0) is 6.54 Å². The topological polar surface area (TPSA) is 54.5 Å². The molecule has 5 aromatic rings. The summed E-state index contributed by atoms with van der Waals surface area (Å²) in [5.41, 5.74) is 3.68. The Morgan fingerprint density at radius 1 is 0.970 bits per heavy atom. The summed E-state index contributed by atoms with van der Waals surface area (Å²) in [5, 5.41) is 9.90. The predicted molar refractivity (Wildman–Crippen MR) is 135 cm³/mol. The summed E-state index contributed by atoms with van der Waals surface area (Å²) < 4.78 is 6.03. The van der Waals surface area contributed by atoms with Crippen LogP contribution < -0.4 is 15.0 Å². The second-order valence-electron chi connectivity index (χ2n) is 7.75. The minimum absolute atomic E-state index is 0.167. The average Bonchev–Trinajstić information content (AvgIpc) is 3.56. The van der Waals surface area contributed by atoms with E-state index in [4.69, 9.17) is 4.74 Å². The second kappa shape index (κ2) is 8.35. The van der Waals surface area contributed by atoms with E-state index in [9.17, 15) is 4.79 Å². The van der Waals surface area contributed by atoms with Crippen molar-refractivity contribution in [2.75, 3.05) is 16.9 Å². The third-order valence-corrected chi connectivity index (χ3v) is 7.37. The largest absolute Gasteiger partial charge is 0.473 e. The molecule has 0 spiro atoms. The van der Waals surface area contributed by atoms with Crippen LogP contribution in [0.1, 0.15) is 15.9 Å². The van der Waals surface area contributed by atoms with Gasteiger partial charge in [0.15, 0.2) is 11.9 Å². The molecule has 5 nitrogen and oxygen atoms in total. The number of thiazole rings is 1. The fourth-order valence-corrected chi connectivity index (χ4v) is 5.49. The van der Waals surface area contributed by atoms with Gasteiger partial charge in [0.1, 0.15) is 5.75 Å². The van der Waals surface area contributed by atoms with Gasteiger partial charge in [-0.1, -0.05) is 36.4 Å². The van der Waals surface area contributed by atoms with Crippen molar-refractivity contribution in [1.29, 1.82) is 0 Å². The predicted octanol–water partition coefficient (Wildman–Crippen LogP) is 6.63. The van der Waals surface area contributed by atoms with E-state index in [1.807, 2.05) is 53.2 Å². The lowest BCUT2D eigenvalue weighted by atomic mass is 10.0. The van der Waals surface area contributed by atoms with Gasteiger partial charge in [0.25, 0.3) is 5.91 Å². The van der Waals surface area contributed by atoms with E-state index in [2.05, 4.69) is 45.5 Å². The Morgan fingerprint density at radius 3 is 2.70 bits per heavy atom. The molecule has 0 unspecified atom stereocenters. The van der Waals surface area contributed by atoms with Gasteiger partial charge in [-0.25, -0.2) is 4.98 Å². The van der Waals surface area contributed by atoms with Crippen LogP contribution in [0.4, 0.5) is 10.8 Å². The van der Waals surface area contributed by atoms with Crippen LogP contribution >= 0.6 is 22.7 Å². The molecule has 0 bridgehead atoms. The third kappa shape index (κ3) is 3.86. The van der Waals surface area contributed by atoms with Crippen molar-refractivity contribution in [2.24, 2.45) is 0 Å². The molecule has 3 heterocycles. The second-order valence-corrected chi connectivity index (χ2v) is 9.56. The van der Waals surface area contributed by atoms with Gasteiger partial charge in [-0.2, -0.15) is 0 Å². The quantitative estimate of drug-likeness (QED) is 0.321. The highest BCUT2D eigenvalue weighted by molar-refractivity contribution is 7.16. The highest BCUT2D eigenvalue weighted by Gasteiger charge is 2.20. The Bertz CT molecular complexity index is 1440. The maximum absolute atomic E-state index is 12.7. The summed E-state index contributed by atoms with van der Waals surface area (Å²) in [4.78, 5) is 20.5. The molecular weight excluding hydrogens is 450 g/mol. The number of hydrogen-bond donors (Lipinski definition) is 1. The Kier molecular flexibility index (Phi) is 5.05. The van der Waals surface area contributed by atoms with Crippen LogP contribution in [0.5, 0.6) is 5.75 Å². The number of amides is 1. The van der Waals surface area contributed by atoms with Crippen molar-refractivity contribution in [3.05, 3.63) is 94.7 Å². The van der Waals surface area contributed by atoms with Crippen molar-refractivity contribution in [3.8, 4) is 16.3 Å². The van der Waals surface area contributed by atoms with Gasteiger partial charge in [0.05, 0.1) is 17.1 Å². The standard InChI is InChI=1S/C26H19N3O2S2/c30-25(28-26-27-22(15-33-26)24-6-3-13-32-24)18-7-10-19(11-8-18)29-14-21-20-5-2-1-4-17(20)9-12-23(21)31-16-29/h1-13,15H,14,16H2,(H,27,28,30). The Labute approximate surface area is 198 Å². The number of rotatable bonds is 4. The minimum Gasteiger partial charge on any atom is -0.473 e. The summed E-state index contributed by atoms with van der Waals surface area (Å²) in [6, 6.07) is 24.1. The zero-order valence-electron chi connectivity index (χ0n) is 17.5. The molecule has 1 aliphatic rings. The fourth-order valence-electron chi connectivity index (χ4n) is 4.03. The summed E-state index contributed by atoms with van der Waals surface area (Å²) in [6.07, 6.45) is 0. The number of nitrogens with zero attached hydrogens (tertiary/aromatic N) is 2. The van der Waals surface area contributed by atoms with E-state index in [0.717, 1.165) is 28.6 Å². The molecule has 3 aromatic carbocycles. The van der Waals surface area contributed by atoms with Crippen molar-refractivity contribution in [3.63, 3.8) is 0 Å². The van der Waals surface area contributed by atoms with E-state index in [1.54, 1.807) is 11.3 Å². The molecule has 0 saturated heterocycles. The van der Waals surface area contributed by atoms with Gasteiger partial charge >= 0.3 is 0 Å². The summed E-state index contributed by atoms with van der Waals surface area (Å²) >= 11 is 3.06. The summed E-state index contributed by atoms with van der Waals surface area (Å²) in [6.45, 7) is 1.23. The Balaban J connectivity index is 1.18. The average molecular weight is 470 g/mol. The van der Waals surface area contributed by atoms with Gasteiger partial charge in [0, 0.05) is 22.2 Å². The third-order valence-electron chi connectivity index (χ3n) is 5.72. The van der Waals surface area contributed by atoms with Crippen molar-refractivity contribution in [2.45, 2.75) is 6.54 Å². The molecule has 1 amide bonds. The molecule has 7 heteroatoms. The number of anilines is 2. The first-order valence-electron chi connectivity index (χ1n) is 10.5. The first-order chi connectivity index (χ1) is 16.2. The van der Waals surface area contributed by atoms with Crippen LogP contribution in [-0.4, -0.2) is 17.6 Å². The molecule has 1 aliphatic heterocycles. The molecule has 0 saturated carbocycles. The molecule has 2 aromatic heterocycles. The van der Waals surface area contributed by atoms with Crippen molar-refractivity contribution in [1.82, 2.24) is 4.98 Å². The SMILES string of the molecule is O=C(Nc1nc(-c2cccs2)cs1)c1ccc(N2COc3ccc4ccccc4c3C2)cc1. The number of benzene rings is 3. The van der Waals surface area contributed by atoms with Crippen LogP contribution in [0.2, 0.25) is 0 Å². The van der Waals surface area contributed by atoms with Crippen LogP contribution in [0, 0.1) is 0 Å². The maximum atomic E-state index is 12.7. The number of hydrogen-bond acceptors (Lipinski definition) is 6. The van der Waals surface area contributed by atoms with Crippen LogP contribution in [0.15, 0.2) is 83.6 Å². The van der Waals surface area contributed by atoms with E-state index in [-0.39, 0.29) is 5.91 Å². The molecule has 33 heavy (non-hydrogen) atoms. The molecule has 0 radical (unpaired) electrons. The van der Waals surface area contributed by atoms with E-state index in [0.29, 0.717) is 17.4 Å². The molecule has 162 valence electrons. The number of fused-ring (bicyclic) bond motifs is 3. The number of aromatic nitrogens is 1. The number of nitrogens with one attached hydrogen (secondary N) is 1. The van der Waals surface area contributed by atoms with E-state index < -0.39 is 0 Å². The molecule has 1 N–H and O–H groups in total. The maximum Gasteiger partial charge on any atom is 0.257 e. The number of carbonyl (C=O) groups is 1. The molecule has 0 fully saturated rings. The monoisotopic (exact) mass is 469 g/mol. The Hall–Kier alpha value is -3.68. The van der Waals surface area contributed by atoms with Crippen LogP contribution in [0.3, 0.4) is 0 Å². The minimum atomic E-state index is -0.167. The molecule has 0 aliphatic carbocycles. The lowest BCUT2D eigenvalue weighted by Gasteiger charge is -2.31. The van der Waals surface area contributed by atoms with Gasteiger partial charge in [-0.3, -0.25) is 10.1 Å². The molecule has 6 rings (SSSR count). The summed E-state index contributed by atoms with van der Waals surface area (Å²) in [7, 11) is 0. The lowest BCUT2D eigenvalue weighted by Crippen LogP contribution is -2.32. The van der Waals surface area contributed by atoms with Gasteiger partial charge in [0.2, 0.25) is 0 Å². The normalized spacial score (nSPS) is 12.9. The number of carbonyl (C=O) groups excluding carboxylic acids is 1. The Morgan fingerprint density at radius 2 is 1.85 bits per heavy atom. The zero-order chi connectivity index (χ0) is 22.2. The van der Waals surface area contributed by atoms with Crippen molar-refractivity contribution < 1.29 is 9.53 Å². The van der Waals surface area contributed by atoms with E-state index in [1.165, 1.54) is 27.7 Å². The first kappa shape index (κ1) is 20.0. The van der Waals surface area contributed by atoms with E-state index >= 15 is 0 Å².